The number of anilines is 1. The van der Waals surface area contributed by atoms with Crippen LogP contribution in [0.4, 0.5) is 5.69 Å². The highest BCUT2D eigenvalue weighted by atomic mass is 32.1. The lowest BCUT2D eigenvalue weighted by Crippen LogP contribution is -2.27. The van der Waals surface area contributed by atoms with Crippen molar-refractivity contribution >= 4 is 23.0 Å². The Hall–Kier alpha value is -1.61. The van der Waals surface area contributed by atoms with Crippen LogP contribution in [0.25, 0.3) is 0 Å². The summed E-state index contributed by atoms with van der Waals surface area (Å²) in [4.78, 5) is 0. The molecule has 0 aliphatic heterocycles. The quantitative estimate of drug-likeness (QED) is 0.801. The van der Waals surface area contributed by atoms with Crippen LogP contribution in [-0.2, 0) is 0 Å². The van der Waals surface area contributed by atoms with E-state index in [-0.39, 0.29) is 0 Å². The van der Waals surface area contributed by atoms with Gasteiger partial charge in [-0.2, -0.15) is 0 Å². The van der Waals surface area contributed by atoms with Gasteiger partial charge in [0.05, 0.1) is 0 Å². The molecule has 1 aliphatic rings. The first-order valence-electron chi connectivity index (χ1n) is 6.70. The molecule has 19 heavy (non-hydrogen) atoms. The number of hydrogen-bond donors (Lipinski definition) is 2. The maximum absolute atomic E-state index is 5.33. The minimum Gasteiger partial charge on any atom is -0.333 e. The molecule has 100 valence electrons. The molecule has 0 saturated heterocycles. The van der Waals surface area contributed by atoms with E-state index in [1.807, 2.05) is 6.07 Å². The van der Waals surface area contributed by atoms with Crippen molar-refractivity contribution in [1.29, 1.82) is 0 Å². The van der Waals surface area contributed by atoms with Gasteiger partial charge in [-0.25, -0.2) is 0 Å². The third kappa shape index (κ3) is 4.21. The summed E-state index contributed by atoms with van der Waals surface area (Å²) in [6.45, 7) is 4.38. The fourth-order valence-electron chi connectivity index (χ4n) is 1.98. The van der Waals surface area contributed by atoms with Gasteiger partial charge in [0.1, 0.15) is 0 Å². The lowest BCUT2D eigenvalue weighted by molar-refractivity contribution is 0.867. The molecule has 0 heterocycles. The first-order chi connectivity index (χ1) is 9.15. The second-order valence-electron chi connectivity index (χ2n) is 5.00. The van der Waals surface area contributed by atoms with Crippen molar-refractivity contribution in [1.82, 2.24) is 5.32 Å². The molecule has 3 heteroatoms. The molecule has 0 bridgehead atoms. The van der Waals surface area contributed by atoms with Crippen molar-refractivity contribution in [3.05, 3.63) is 53.8 Å². The monoisotopic (exact) mass is 272 g/mol. The fraction of sp³-hybridized carbons (Fsp3) is 0.312. The summed E-state index contributed by atoms with van der Waals surface area (Å²) in [5, 5.41) is 7.08. The van der Waals surface area contributed by atoms with Crippen LogP contribution in [-0.4, -0.2) is 5.11 Å². The van der Waals surface area contributed by atoms with Crippen LogP contribution in [0.5, 0.6) is 0 Å². The van der Waals surface area contributed by atoms with Crippen LogP contribution in [0.1, 0.15) is 38.2 Å². The summed E-state index contributed by atoms with van der Waals surface area (Å²) in [5.41, 5.74) is 3.41. The van der Waals surface area contributed by atoms with Crippen molar-refractivity contribution in [2.75, 3.05) is 5.32 Å². The van der Waals surface area contributed by atoms with E-state index in [1.54, 1.807) is 0 Å². The molecule has 2 N–H and O–H groups in total. The Morgan fingerprint density at radius 3 is 2.74 bits per heavy atom. The summed E-state index contributed by atoms with van der Waals surface area (Å²) in [6, 6.07) is 8.37. The minimum absolute atomic E-state index is 0.521. The van der Waals surface area contributed by atoms with E-state index in [2.05, 4.69) is 60.9 Å². The average molecular weight is 272 g/mol. The zero-order chi connectivity index (χ0) is 13.7. The summed E-state index contributed by atoms with van der Waals surface area (Å²) >= 11 is 5.33. The largest absolute Gasteiger partial charge is 0.333 e. The summed E-state index contributed by atoms with van der Waals surface area (Å²) in [7, 11) is 0. The van der Waals surface area contributed by atoms with Crippen molar-refractivity contribution in [3.8, 4) is 0 Å². The molecule has 1 aromatic carbocycles. The van der Waals surface area contributed by atoms with Crippen LogP contribution in [0, 0.1) is 0 Å². The highest BCUT2D eigenvalue weighted by molar-refractivity contribution is 7.80. The molecule has 1 aromatic rings. The fourth-order valence-corrected chi connectivity index (χ4v) is 2.21. The number of allylic oxidation sites excluding steroid dienone is 3. The smallest absolute Gasteiger partial charge is 0.175 e. The van der Waals surface area contributed by atoms with E-state index < -0.39 is 0 Å². The van der Waals surface area contributed by atoms with E-state index in [4.69, 9.17) is 12.2 Å². The highest BCUT2D eigenvalue weighted by Crippen LogP contribution is 2.18. The lowest BCUT2D eigenvalue weighted by atomic mass is 10.0. The maximum Gasteiger partial charge on any atom is 0.175 e. The zero-order valence-electron chi connectivity index (χ0n) is 11.4. The standard InChI is InChI=1S/C16H20N2S/c1-12(2)13-7-6-10-15(11-13)18-16(19)17-14-8-4-3-5-9-14/h4,6-12H,3,5H2,1-2H3,(H2,17,18,19). The van der Waals surface area contributed by atoms with Gasteiger partial charge in [0, 0.05) is 11.4 Å². The number of thiocarbonyl (C=S) groups is 1. The van der Waals surface area contributed by atoms with E-state index in [1.165, 1.54) is 5.56 Å². The Morgan fingerprint density at radius 1 is 1.21 bits per heavy atom. The normalized spacial score (nSPS) is 14.2. The molecule has 0 radical (unpaired) electrons. The Kier molecular flexibility index (Phi) is 4.74. The molecule has 2 nitrogen and oxygen atoms in total. The predicted octanol–water partition coefficient (Wildman–Crippen LogP) is 4.33. The first-order valence-corrected chi connectivity index (χ1v) is 7.10. The van der Waals surface area contributed by atoms with Gasteiger partial charge in [-0.05, 0) is 54.7 Å². The van der Waals surface area contributed by atoms with E-state index in [0.29, 0.717) is 11.0 Å². The molecule has 0 spiro atoms. The van der Waals surface area contributed by atoms with Crippen molar-refractivity contribution in [3.63, 3.8) is 0 Å². The van der Waals surface area contributed by atoms with Crippen molar-refractivity contribution < 1.29 is 0 Å². The molecule has 1 aliphatic carbocycles. The number of hydrogen-bond acceptors (Lipinski definition) is 1. The zero-order valence-corrected chi connectivity index (χ0v) is 12.3. The molecule has 0 saturated carbocycles. The molecular formula is C16H20N2S. The molecule has 0 aromatic heterocycles. The van der Waals surface area contributed by atoms with Crippen LogP contribution >= 0.6 is 12.2 Å². The van der Waals surface area contributed by atoms with Gasteiger partial charge in [0.25, 0.3) is 0 Å². The first kappa shape index (κ1) is 13.8. The Morgan fingerprint density at radius 2 is 2.05 bits per heavy atom. The van der Waals surface area contributed by atoms with Gasteiger partial charge >= 0.3 is 0 Å². The summed E-state index contributed by atoms with van der Waals surface area (Å²) < 4.78 is 0. The molecule has 0 amide bonds. The molecule has 0 fully saturated rings. The number of benzene rings is 1. The lowest BCUT2D eigenvalue weighted by Gasteiger charge is -2.14. The molecular weight excluding hydrogens is 252 g/mol. The Balaban J connectivity index is 1.97. The summed E-state index contributed by atoms with van der Waals surface area (Å²) in [6.07, 6.45) is 8.58. The highest BCUT2D eigenvalue weighted by Gasteiger charge is 2.03. The van der Waals surface area contributed by atoms with Crippen molar-refractivity contribution in [2.24, 2.45) is 0 Å². The SMILES string of the molecule is CC(C)c1cccc(NC(=S)NC2=CCCC=C2)c1. The summed E-state index contributed by atoms with van der Waals surface area (Å²) in [5.74, 6) is 0.521. The maximum atomic E-state index is 5.33. The van der Waals surface area contributed by atoms with E-state index in [0.717, 1.165) is 24.2 Å². The topological polar surface area (TPSA) is 24.1 Å². The minimum atomic E-state index is 0.521. The predicted molar refractivity (Wildman–Crippen MR) is 86.3 cm³/mol. The van der Waals surface area contributed by atoms with Crippen molar-refractivity contribution in [2.45, 2.75) is 32.6 Å². The molecule has 0 atom stereocenters. The van der Waals surface area contributed by atoms with Gasteiger partial charge in [0.15, 0.2) is 5.11 Å². The van der Waals surface area contributed by atoms with Crippen LogP contribution in [0.2, 0.25) is 0 Å². The second kappa shape index (κ2) is 6.53. The Bertz CT molecular complexity index is 515. The number of nitrogens with one attached hydrogen (secondary N) is 2. The molecule has 2 rings (SSSR count). The van der Waals surface area contributed by atoms with Gasteiger partial charge < -0.3 is 10.6 Å². The van der Waals surface area contributed by atoms with Gasteiger partial charge in [-0.15, -0.1) is 0 Å². The third-order valence-electron chi connectivity index (χ3n) is 3.06. The van der Waals surface area contributed by atoms with Crippen LogP contribution in [0.3, 0.4) is 0 Å². The van der Waals surface area contributed by atoms with Gasteiger partial charge in [0.2, 0.25) is 0 Å². The van der Waals surface area contributed by atoms with Gasteiger partial charge in [-0.3, -0.25) is 0 Å². The van der Waals surface area contributed by atoms with Gasteiger partial charge in [-0.1, -0.05) is 38.1 Å². The van der Waals surface area contributed by atoms with Crippen LogP contribution < -0.4 is 10.6 Å². The van der Waals surface area contributed by atoms with E-state index >= 15 is 0 Å². The average Bonchev–Trinajstić information content (AvgIpc) is 2.40. The third-order valence-corrected chi connectivity index (χ3v) is 3.27. The number of rotatable bonds is 3. The van der Waals surface area contributed by atoms with E-state index in [9.17, 15) is 0 Å². The second-order valence-corrected chi connectivity index (χ2v) is 5.41. The Labute approximate surface area is 120 Å². The molecule has 0 unspecified atom stereocenters. The van der Waals surface area contributed by atoms with Crippen LogP contribution in [0.15, 0.2) is 48.2 Å².